The van der Waals surface area contributed by atoms with Crippen molar-refractivity contribution in [2.45, 2.75) is 12.6 Å². The summed E-state index contributed by atoms with van der Waals surface area (Å²) < 4.78 is 18.6. The molecule has 1 saturated heterocycles. The summed E-state index contributed by atoms with van der Waals surface area (Å²) in [6, 6.07) is 6.68. The average Bonchev–Trinajstić information content (AvgIpc) is 2.47. The number of halogens is 1. The van der Waals surface area contributed by atoms with Gasteiger partial charge in [-0.3, -0.25) is 4.90 Å². The van der Waals surface area contributed by atoms with Crippen molar-refractivity contribution in [3.8, 4) is 17.9 Å². The van der Waals surface area contributed by atoms with Crippen molar-refractivity contribution < 1.29 is 9.13 Å². The molecule has 2 rings (SSSR count). The molecule has 1 aromatic carbocycles. The highest BCUT2D eigenvalue weighted by molar-refractivity contribution is 5.42. The molecular weight excluding hydrogens is 257 g/mol. The molecule has 2 N–H and O–H groups in total. The Kier molecular flexibility index (Phi) is 5.09. The van der Waals surface area contributed by atoms with Gasteiger partial charge in [-0.15, -0.1) is 0 Å². The van der Waals surface area contributed by atoms with Gasteiger partial charge in [0, 0.05) is 25.2 Å². The second kappa shape index (κ2) is 7.02. The summed E-state index contributed by atoms with van der Waals surface area (Å²) in [7, 11) is 0. The van der Waals surface area contributed by atoms with Crippen molar-refractivity contribution in [1.82, 2.24) is 4.90 Å². The average molecular weight is 273 g/mol. The molecule has 1 aromatic rings. The molecule has 0 saturated carbocycles. The van der Waals surface area contributed by atoms with E-state index in [1.807, 2.05) is 0 Å². The number of hydrogen-bond donors (Lipinski definition) is 1. The predicted octanol–water partition coefficient (Wildman–Crippen LogP) is 0.860. The van der Waals surface area contributed by atoms with E-state index in [4.69, 9.17) is 15.7 Å². The van der Waals surface area contributed by atoms with Crippen LogP contribution in [0.5, 0.6) is 0 Å². The maximum absolute atomic E-state index is 13.3. The zero-order chi connectivity index (χ0) is 14.4. The van der Waals surface area contributed by atoms with Crippen LogP contribution in [0.25, 0.3) is 0 Å². The van der Waals surface area contributed by atoms with E-state index >= 15 is 0 Å². The molecule has 1 heterocycles. The van der Waals surface area contributed by atoms with E-state index in [-0.39, 0.29) is 12.4 Å². The Bertz CT molecular complexity index is 571. The summed E-state index contributed by atoms with van der Waals surface area (Å²) in [5.74, 6) is 5.32. The normalized spacial score (nSPS) is 18.9. The van der Waals surface area contributed by atoms with Gasteiger partial charge in [0.1, 0.15) is 5.82 Å². The van der Waals surface area contributed by atoms with Crippen LogP contribution in [0.2, 0.25) is 0 Å². The molecule has 4 nitrogen and oxygen atoms in total. The highest BCUT2D eigenvalue weighted by atomic mass is 19.1. The smallest absolute Gasteiger partial charge is 0.156 e. The Morgan fingerprint density at radius 3 is 3.10 bits per heavy atom. The lowest BCUT2D eigenvalue weighted by atomic mass is 10.1. The van der Waals surface area contributed by atoms with Gasteiger partial charge in [0.15, 0.2) is 6.10 Å². The van der Waals surface area contributed by atoms with Gasteiger partial charge in [0.05, 0.1) is 19.2 Å². The van der Waals surface area contributed by atoms with Gasteiger partial charge in [-0.05, 0) is 17.7 Å². The standard InChI is InChI=1S/C15H16FN3O/c16-14-4-3-13(12(8-14)2-1-5-17)10-19-6-7-20-15(9-18)11-19/h3-4,8,15H,5-7,10-11,17H2. The van der Waals surface area contributed by atoms with Crippen LogP contribution >= 0.6 is 0 Å². The number of nitrogens with zero attached hydrogens (tertiary/aromatic N) is 2. The van der Waals surface area contributed by atoms with E-state index in [1.165, 1.54) is 12.1 Å². The number of hydrogen-bond acceptors (Lipinski definition) is 4. The Labute approximate surface area is 117 Å². The number of nitriles is 1. The Hall–Kier alpha value is -1.92. The second-order valence-electron chi connectivity index (χ2n) is 4.53. The third-order valence-electron chi connectivity index (χ3n) is 3.09. The third kappa shape index (κ3) is 3.79. The maximum Gasteiger partial charge on any atom is 0.156 e. The van der Waals surface area contributed by atoms with Gasteiger partial charge in [0.25, 0.3) is 0 Å². The van der Waals surface area contributed by atoms with E-state index in [2.05, 4.69) is 22.8 Å². The first-order chi connectivity index (χ1) is 9.72. The van der Waals surface area contributed by atoms with Crippen LogP contribution in [-0.2, 0) is 11.3 Å². The van der Waals surface area contributed by atoms with Gasteiger partial charge < -0.3 is 10.5 Å². The first-order valence-electron chi connectivity index (χ1n) is 6.44. The van der Waals surface area contributed by atoms with Crippen LogP contribution in [0, 0.1) is 29.0 Å². The first kappa shape index (κ1) is 14.5. The van der Waals surface area contributed by atoms with Gasteiger partial charge in [-0.1, -0.05) is 17.9 Å². The van der Waals surface area contributed by atoms with E-state index in [0.717, 1.165) is 12.1 Å². The predicted molar refractivity (Wildman–Crippen MR) is 73.0 cm³/mol. The van der Waals surface area contributed by atoms with Crippen LogP contribution in [0.1, 0.15) is 11.1 Å². The Balaban J connectivity index is 2.14. The third-order valence-corrected chi connectivity index (χ3v) is 3.09. The molecule has 0 radical (unpaired) electrons. The fourth-order valence-corrected chi connectivity index (χ4v) is 2.11. The zero-order valence-corrected chi connectivity index (χ0v) is 11.1. The number of morpholine rings is 1. The number of benzene rings is 1. The van der Waals surface area contributed by atoms with Crippen molar-refractivity contribution in [3.63, 3.8) is 0 Å². The van der Waals surface area contributed by atoms with Crippen molar-refractivity contribution in [3.05, 3.63) is 35.1 Å². The molecule has 1 atom stereocenters. The van der Waals surface area contributed by atoms with Gasteiger partial charge in [0.2, 0.25) is 0 Å². The lowest BCUT2D eigenvalue weighted by molar-refractivity contribution is -0.00272. The molecule has 104 valence electrons. The van der Waals surface area contributed by atoms with Crippen molar-refractivity contribution >= 4 is 0 Å². The minimum absolute atomic E-state index is 0.240. The molecule has 5 heteroatoms. The molecule has 0 aliphatic carbocycles. The molecule has 1 unspecified atom stereocenters. The molecule has 0 aromatic heterocycles. The molecule has 0 amide bonds. The molecule has 1 aliphatic heterocycles. The summed E-state index contributed by atoms with van der Waals surface area (Å²) in [6.07, 6.45) is -0.400. The fourth-order valence-electron chi connectivity index (χ4n) is 2.11. The topological polar surface area (TPSA) is 62.3 Å². The minimum atomic E-state index is -0.400. The maximum atomic E-state index is 13.3. The molecule has 0 bridgehead atoms. The summed E-state index contributed by atoms with van der Waals surface area (Å²) >= 11 is 0. The van der Waals surface area contributed by atoms with Crippen molar-refractivity contribution in [1.29, 1.82) is 5.26 Å². The molecule has 1 aliphatic rings. The molecule has 1 fully saturated rings. The highest BCUT2D eigenvalue weighted by Crippen LogP contribution is 2.15. The van der Waals surface area contributed by atoms with Gasteiger partial charge >= 0.3 is 0 Å². The van der Waals surface area contributed by atoms with Crippen molar-refractivity contribution in [2.75, 3.05) is 26.2 Å². The lowest BCUT2D eigenvalue weighted by Gasteiger charge is -2.29. The van der Waals surface area contributed by atoms with Gasteiger partial charge in [-0.25, -0.2) is 4.39 Å². The van der Waals surface area contributed by atoms with Crippen LogP contribution in [0.4, 0.5) is 4.39 Å². The second-order valence-corrected chi connectivity index (χ2v) is 4.53. The van der Waals surface area contributed by atoms with E-state index in [1.54, 1.807) is 6.07 Å². The first-order valence-corrected chi connectivity index (χ1v) is 6.44. The molecule has 20 heavy (non-hydrogen) atoms. The summed E-state index contributed by atoms with van der Waals surface area (Å²) in [4.78, 5) is 2.11. The number of nitrogens with two attached hydrogens (primary N) is 1. The molecular formula is C15H16FN3O. The summed E-state index contributed by atoms with van der Waals surface area (Å²) in [5.41, 5.74) is 6.94. The zero-order valence-electron chi connectivity index (χ0n) is 11.1. The summed E-state index contributed by atoms with van der Waals surface area (Å²) in [5, 5.41) is 8.89. The Morgan fingerprint density at radius 1 is 1.50 bits per heavy atom. The number of ether oxygens (including phenoxy) is 1. The summed E-state index contributed by atoms with van der Waals surface area (Å²) in [6.45, 7) is 2.70. The Morgan fingerprint density at radius 2 is 2.35 bits per heavy atom. The molecule has 0 spiro atoms. The largest absolute Gasteiger partial charge is 0.361 e. The fraction of sp³-hybridized carbons (Fsp3) is 0.400. The van der Waals surface area contributed by atoms with E-state index < -0.39 is 6.10 Å². The lowest BCUT2D eigenvalue weighted by Crippen LogP contribution is -2.41. The van der Waals surface area contributed by atoms with E-state index in [9.17, 15) is 4.39 Å². The minimum Gasteiger partial charge on any atom is -0.361 e. The quantitative estimate of drug-likeness (QED) is 0.812. The van der Waals surface area contributed by atoms with Crippen LogP contribution < -0.4 is 5.73 Å². The van der Waals surface area contributed by atoms with Crippen LogP contribution in [-0.4, -0.2) is 37.2 Å². The van der Waals surface area contributed by atoms with Crippen LogP contribution in [0.15, 0.2) is 18.2 Å². The monoisotopic (exact) mass is 273 g/mol. The number of rotatable bonds is 2. The van der Waals surface area contributed by atoms with Crippen molar-refractivity contribution in [2.24, 2.45) is 5.73 Å². The SMILES string of the molecule is N#CC1CN(Cc2ccc(F)cc2C#CCN)CCO1. The highest BCUT2D eigenvalue weighted by Gasteiger charge is 2.20. The van der Waals surface area contributed by atoms with Gasteiger partial charge in [-0.2, -0.15) is 5.26 Å². The van der Waals surface area contributed by atoms with E-state index in [0.29, 0.717) is 25.3 Å². The van der Waals surface area contributed by atoms with Crippen LogP contribution in [0.3, 0.4) is 0 Å².